The van der Waals surface area contributed by atoms with E-state index in [0.29, 0.717) is 23.7 Å². The molecular formula is C25H40O5. The van der Waals surface area contributed by atoms with Crippen molar-refractivity contribution >= 4 is 11.9 Å². The molecule has 4 aliphatic carbocycles. The van der Waals surface area contributed by atoms with Gasteiger partial charge in [-0.1, -0.05) is 13.8 Å². The lowest BCUT2D eigenvalue weighted by molar-refractivity contribution is -0.200. The van der Waals surface area contributed by atoms with Crippen LogP contribution in [0.3, 0.4) is 0 Å². The number of esters is 2. The molecule has 0 radical (unpaired) electrons. The number of ether oxygens (including phenoxy) is 2. The van der Waals surface area contributed by atoms with E-state index in [1.54, 1.807) is 0 Å². The fourth-order valence-electron chi connectivity index (χ4n) is 8.70. The first-order chi connectivity index (χ1) is 14.1. The van der Waals surface area contributed by atoms with Crippen molar-refractivity contribution in [2.75, 3.05) is 0 Å². The summed E-state index contributed by atoms with van der Waals surface area (Å²) in [5.74, 6) is 2.05. The zero-order chi connectivity index (χ0) is 21.8. The topological polar surface area (TPSA) is 72.8 Å². The Morgan fingerprint density at radius 2 is 1.63 bits per heavy atom. The number of hydrogen-bond donors (Lipinski definition) is 1. The molecule has 10 atom stereocenters. The second-order valence-corrected chi connectivity index (χ2v) is 11.3. The lowest BCUT2D eigenvalue weighted by Gasteiger charge is -2.62. The van der Waals surface area contributed by atoms with Crippen LogP contribution in [0.2, 0.25) is 0 Å². The normalized spacial score (nSPS) is 48.7. The molecule has 1 N–H and O–H groups in total. The van der Waals surface area contributed by atoms with Gasteiger partial charge in [-0.25, -0.2) is 0 Å². The molecule has 4 rings (SSSR count). The minimum absolute atomic E-state index is 0.0568. The summed E-state index contributed by atoms with van der Waals surface area (Å²) in [4.78, 5) is 23.5. The summed E-state index contributed by atoms with van der Waals surface area (Å²) < 4.78 is 11.6. The number of aliphatic hydroxyl groups excluding tert-OH is 1. The van der Waals surface area contributed by atoms with Crippen LogP contribution in [0.1, 0.15) is 86.0 Å². The van der Waals surface area contributed by atoms with Crippen LogP contribution in [-0.4, -0.2) is 35.4 Å². The highest BCUT2D eigenvalue weighted by Gasteiger charge is 2.65. The molecule has 5 heteroatoms. The van der Waals surface area contributed by atoms with Gasteiger partial charge in [-0.2, -0.15) is 0 Å². The number of hydrogen-bond acceptors (Lipinski definition) is 5. The molecule has 5 nitrogen and oxygen atoms in total. The Bertz CT molecular complexity index is 689. The van der Waals surface area contributed by atoms with Gasteiger partial charge in [0.05, 0.1) is 6.10 Å². The molecule has 4 fully saturated rings. The Morgan fingerprint density at radius 1 is 0.933 bits per heavy atom. The van der Waals surface area contributed by atoms with Gasteiger partial charge in [-0.05, 0) is 93.3 Å². The molecule has 4 saturated carbocycles. The molecule has 0 aliphatic heterocycles. The SMILES string of the molecule is CC(=O)O[C@@H]1CC[C@@]2(C)[C@H](CC[C@@H]3[C@@H]2C[C@H](OC(C)=O)[C@]2(C)C(C(C)O)CC[C@@H]32)C1. The number of carbonyl (C=O) groups excluding carboxylic acids is 2. The third-order valence-electron chi connectivity index (χ3n) is 9.99. The molecule has 2 unspecified atom stereocenters. The molecule has 0 aromatic rings. The van der Waals surface area contributed by atoms with Gasteiger partial charge in [-0.15, -0.1) is 0 Å². The predicted octanol–water partition coefficient (Wildman–Crippen LogP) is 4.50. The van der Waals surface area contributed by atoms with E-state index in [1.165, 1.54) is 26.7 Å². The smallest absolute Gasteiger partial charge is 0.302 e. The predicted molar refractivity (Wildman–Crippen MR) is 113 cm³/mol. The zero-order valence-corrected chi connectivity index (χ0v) is 19.4. The lowest BCUT2D eigenvalue weighted by Crippen LogP contribution is -2.60. The van der Waals surface area contributed by atoms with E-state index < -0.39 is 0 Å². The number of rotatable bonds is 3. The molecule has 0 aromatic carbocycles. The average Bonchev–Trinajstić information content (AvgIpc) is 3.01. The van der Waals surface area contributed by atoms with Crippen molar-refractivity contribution < 1.29 is 24.2 Å². The first-order valence-electron chi connectivity index (χ1n) is 12.1. The third-order valence-corrected chi connectivity index (χ3v) is 9.99. The Labute approximate surface area is 181 Å². The maximum atomic E-state index is 12.1. The number of aliphatic hydroxyl groups is 1. The summed E-state index contributed by atoms with van der Waals surface area (Å²) in [6, 6.07) is 0. The Balaban J connectivity index is 1.63. The van der Waals surface area contributed by atoms with E-state index in [0.717, 1.165) is 38.5 Å². The van der Waals surface area contributed by atoms with Crippen LogP contribution >= 0.6 is 0 Å². The van der Waals surface area contributed by atoms with E-state index in [1.807, 2.05) is 6.92 Å². The fourth-order valence-corrected chi connectivity index (χ4v) is 8.70. The fraction of sp³-hybridized carbons (Fsp3) is 0.920. The van der Waals surface area contributed by atoms with Crippen LogP contribution in [0.15, 0.2) is 0 Å². The van der Waals surface area contributed by atoms with Crippen LogP contribution in [0.25, 0.3) is 0 Å². The summed E-state index contributed by atoms with van der Waals surface area (Å²) in [5, 5.41) is 10.6. The minimum atomic E-state index is -0.374. The van der Waals surface area contributed by atoms with Gasteiger partial charge in [0.25, 0.3) is 0 Å². The summed E-state index contributed by atoms with van der Waals surface area (Å²) in [5.41, 5.74) is 0.0708. The summed E-state index contributed by atoms with van der Waals surface area (Å²) in [7, 11) is 0. The van der Waals surface area contributed by atoms with Gasteiger partial charge in [-0.3, -0.25) is 9.59 Å². The molecule has 30 heavy (non-hydrogen) atoms. The van der Waals surface area contributed by atoms with Crippen LogP contribution in [-0.2, 0) is 19.1 Å². The second kappa shape index (κ2) is 7.79. The van der Waals surface area contributed by atoms with Crippen molar-refractivity contribution in [3.05, 3.63) is 0 Å². The van der Waals surface area contributed by atoms with Crippen molar-refractivity contribution in [2.24, 2.45) is 40.4 Å². The van der Waals surface area contributed by atoms with Crippen molar-refractivity contribution in [1.82, 2.24) is 0 Å². The summed E-state index contributed by atoms with van der Waals surface area (Å²) in [6.07, 6.45) is 8.00. The monoisotopic (exact) mass is 420 g/mol. The zero-order valence-electron chi connectivity index (χ0n) is 19.4. The van der Waals surface area contributed by atoms with Crippen LogP contribution in [0.4, 0.5) is 0 Å². The Kier molecular flexibility index (Phi) is 5.74. The highest BCUT2D eigenvalue weighted by molar-refractivity contribution is 5.66. The Hall–Kier alpha value is -1.10. The van der Waals surface area contributed by atoms with Gasteiger partial charge in [0.15, 0.2) is 0 Å². The van der Waals surface area contributed by atoms with Crippen LogP contribution in [0.5, 0.6) is 0 Å². The molecule has 0 bridgehead atoms. The van der Waals surface area contributed by atoms with E-state index in [2.05, 4.69) is 13.8 Å². The molecular weight excluding hydrogens is 380 g/mol. The summed E-state index contributed by atoms with van der Waals surface area (Å²) >= 11 is 0. The van der Waals surface area contributed by atoms with Gasteiger partial charge in [0.2, 0.25) is 0 Å². The van der Waals surface area contributed by atoms with E-state index >= 15 is 0 Å². The van der Waals surface area contributed by atoms with E-state index in [9.17, 15) is 14.7 Å². The van der Waals surface area contributed by atoms with E-state index in [4.69, 9.17) is 9.47 Å². The van der Waals surface area contributed by atoms with Gasteiger partial charge < -0.3 is 14.6 Å². The molecule has 170 valence electrons. The second-order valence-electron chi connectivity index (χ2n) is 11.3. The van der Waals surface area contributed by atoms with Crippen LogP contribution < -0.4 is 0 Å². The maximum Gasteiger partial charge on any atom is 0.302 e. The lowest BCUT2D eigenvalue weighted by atomic mass is 9.44. The first kappa shape index (κ1) is 22.1. The highest BCUT2D eigenvalue weighted by Crippen LogP contribution is 2.68. The highest BCUT2D eigenvalue weighted by atomic mass is 16.5. The largest absolute Gasteiger partial charge is 0.463 e. The molecule has 4 aliphatic rings. The summed E-state index contributed by atoms with van der Waals surface area (Å²) in [6.45, 7) is 9.68. The average molecular weight is 421 g/mol. The van der Waals surface area contributed by atoms with Gasteiger partial charge in [0, 0.05) is 19.3 Å². The maximum absolute atomic E-state index is 12.1. The van der Waals surface area contributed by atoms with Gasteiger partial charge in [0.1, 0.15) is 12.2 Å². The van der Waals surface area contributed by atoms with Gasteiger partial charge >= 0.3 is 11.9 Å². The number of carbonyl (C=O) groups is 2. The number of fused-ring (bicyclic) bond motifs is 5. The molecule has 0 aromatic heterocycles. The minimum Gasteiger partial charge on any atom is -0.463 e. The first-order valence-corrected chi connectivity index (χ1v) is 12.1. The standard InChI is InChI=1S/C25H40O5/c1-14(26)20-8-9-21-19-7-6-17-12-18(29-15(2)27)10-11-24(17,4)22(19)13-23(25(20,21)5)30-16(3)28/h14,17-23,26H,6-13H2,1-5H3/t14?,17-,18-,19+,20?,21+,22+,23+,24+,25-/m1/s1. The quantitative estimate of drug-likeness (QED) is 0.681. The van der Waals surface area contributed by atoms with Crippen molar-refractivity contribution in [3.63, 3.8) is 0 Å². The van der Waals surface area contributed by atoms with Crippen molar-refractivity contribution in [3.8, 4) is 0 Å². The molecule has 0 saturated heterocycles. The van der Waals surface area contributed by atoms with E-state index in [-0.39, 0.29) is 47.0 Å². The molecule has 0 amide bonds. The Morgan fingerprint density at radius 3 is 2.27 bits per heavy atom. The molecule has 0 heterocycles. The molecule has 0 spiro atoms. The third kappa shape index (κ3) is 3.40. The van der Waals surface area contributed by atoms with Crippen molar-refractivity contribution in [1.29, 1.82) is 0 Å². The van der Waals surface area contributed by atoms with Crippen molar-refractivity contribution in [2.45, 2.75) is 104 Å². The van der Waals surface area contributed by atoms with Crippen LogP contribution in [0, 0.1) is 40.4 Å².